The highest BCUT2D eigenvalue weighted by Gasteiger charge is 2.61. The van der Waals surface area contributed by atoms with Crippen LogP contribution in [0.5, 0.6) is 28.7 Å². The lowest BCUT2D eigenvalue weighted by molar-refractivity contribution is -0.150. The van der Waals surface area contributed by atoms with E-state index < -0.39 is 41.4 Å². The fraction of sp³-hybridized carbons (Fsp3) is 0.484. The lowest BCUT2D eigenvalue weighted by Crippen LogP contribution is -2.70. The van der Waals surface area contributed by atoms with E-state index in [1.54, 1.807) is 6.92 Å². The average molecular weight is 607 g/mol. The van der Waals surface area contributed by atoms with Crippen LogP contribution in [0.25, 0.3) is 0 Å². The lowest BCUT2D eigenvalue weighted by atomic mass is 9.71. The number of esters is 1. The maximum atomic E-state index is 12.9. The molecule has 2 saturated heterocycles. The molecular formula is C31H34N4O7S. The number of carbonyl (C=O) groups excluding carboxylic acids is 1. The Hall–Kier alpha value is -3.63. The molecule has 12 heteroatoms. The van der Waals surface area contributed by atoms with Gasteiger partial charge in [0.25, 0.3) is 0 Å². The van der Waals surface area contributed by atoms with Gasteiger partial charge in [-0.1, -0.05) is 12.1 Å². The minimum absolute atomic E-state index is 0.00881. The molecule has 3 unspecified atom stereocenters. The minimum Gasteiger partial charge on any atom is -0.507 e. The number of nitriles is 1. The quantitative estimate of drug-likeness (QED) is 0.348. The maximum absolute atomic E-state index is 12.9. The topological polar surface area (TPSA) is 151 Å². The predicted molar refractivity (Wildman–Crippen MR) is 157 cm³/mol. The molecule has 5 aliphatic heterocycles. The first-order valence-electron chi connectivity index (χ1n) is 14.3. The van der Waals surface area contributed by atoms with E-state index in [-0.39, 0.29) is 36.7 Å². The van der Waals surface area contributed by atoms with Crippen molar-refractivity contribution in [1.82, 2.24) is 9.80 Å². The van der Waals surface area contributed by atoms with Crippen molar-refractivity contribution in [2.45, 2.75) is 61.8 Å². The number of aryl methyl sites for hydroxylation is 1. The molecule has 7 atom stereocenters. The van der Waals surface area contributed by atoms with Gasteiger partial charge < -0.3 is 34.9 Å². The number of cyclic esters (lactones) is 1. The molecule has 11 nitrogen and oxygen atoms in total. The van der Waals surface area contributed by atoms with Crippen molar-refractivity contribution in [2.24, 2.45) is 5.73 Å². The number of phenols is 2. The van der Waals surface area contributed by atoms with Gasteiger partial charge in [-0.25, -0.2) is 0 Å². The summed E-state index contributed by atoms with van der Waals surface area (Å²) in [7, 11) is 1.54. The third-order valence-electron chi connectivity index (χ3n) is 9.63. The third-order valence-corrected chi connectivity index (χ3v) is 11.1. The Labute approximate surface area is 253 Å². The van der Waals surface area contributed by atoms with Crippen molar-refractivity contribution in [3.8, 4) is 34.8 Å². The highest BCUT2D eigenvalue weighted by molar-refractivity contribution is 7.99. The average Bonchev–Trinajstić information content (AvgIpc) is 3.48. The summed E-state index contributed by atoms with van der Waals surface area (Å²) in [6.45, 7) is 8.07. The third kappa shape index (κ3) is 3.81. The van der Waals surface area contributed by atoms with Crippen molar-refractivity contribution >= 4 is 17.7 Å². The van der Waals surface area contributed by atoms with Gasteiger partial charge in [0.2, 0.25) is 6.79 Å². The van der Waals surface area contributed by atoms with E-state index in [2.05, 4.69) is 22.4 Å². The summed E-state index contributed by atoms with van der Waals surface area (Å²) >= 11 is 1.44. The highest BCUT2D eigenvalue weighted by Crippen LogP contribution is 2.63. The van der Waals surface area contributed by atoms with E-state index in [0.717, 1.165) is 16.7 Å². The first kappa shape index (κ1) is 28.2. The number of phenolic OH excluding ortho intramolecular Hbond substituents is 2. The molecule has 5 aliphatic rings. The summed E-state index contributed by atoms with van der Waals surface area (Å²) in [6, 6.07) is 1.35. The molecule has 2 aromatic carbocycles. The van der Waals surface area contributed by atoms with Gasteiger partial charge in [0.05, 0.1) is 30.5 Å². The Morgan fingerprint density at radius 3 is 2.70 bits per heavy atom. The molecule has 5 heterocycles. The number of aromatic hydroxyl groups is 2. The molecule has 0 aliphatic carbocycles. The summed E-state index contributed by atoms with van der Waals surface area (Å²) in [5.74, 6) is 1.19. The maximum Gasteiger partial charge on any atom is 0.323 e. The van der Waals surface area contributed by atoms with Crippen molar-refractivity contribution in [1.29, 1.82) is 5.26 Å². The SMILES string of the molecule is C=CCN1C2c3c(cc(C)c(OC)c3O)CC1[C@H](C#N)N1[C@H]2[C@@H]2SCC(N)C(=O)OC[C@H]1c1c3c(c(C)c(O)c12)OCO3. The smallest absolute Gasteiger partial charge is 0.323 e. The van der Waals surface area contributed by atoms with Gasteiger partial charge in [-0.05, 0) is 31.4 Å². The summed E-state index contributed by atoms with van der Waals surface area (Å²) in [4.78, 5) is 17.3. The first-order chi connectivity index (χ1) is 20.7. The first-order valence-corrected chi connectivity index (χ1v) is 15.4. The van der Waals surface area contributed by atoms with Crippen LogP contribution in [0.2, 0.25) is 0 Å². The van der Waals surface area contributed by atoms with Crippen LogP contribution in [0.3, 0.4) is 0 Å². The number of carbonyl (C=O) groups is 1. The Morgan fingerprint density at radius 2 is 1.98 bits per heavy atom. The number of methoxy groups -OCH3 is 1. The van der Waals surface area contributed by atoms with Crippen LogP contribution in [0.15, 0.2) is 18.7 Å². The summed E-state index contributed by atoms with van der Waals surface area (Å²) < 4.78 is 23.3. The van der Waals surface area contributed by atoms with Crippen molar-refractivity contribution in [2.75, 3.05) is 32.8 Å². The number of fused-ring (bicyclic) bond motifs is 9. The molecule has 0 aromatic heterocycles. The van der Waals surface area contributed by atoms with E-state index >= 15 is 0 Å². The Kier molecular flexibility index (Phi) is 6.70. The van der Waals surface area contributed by atoms with E-state index in [1.165, 1.54) is 18.9 Å². The second-order valence-electron chi connectivity index (χ2n) is 11.7. The van der Waals surface area contributed by atoms with Crippen LogP contribution in [0, 0.1) is 25.2 Å². The summed E-state index contributed by atoms with van der Waals surface area (Å²) in [6.07, 6.45) is 2.33. The predicted octanol–water partition coefficient (Wildman–Crippen LogP) is 2.90. The number of piperazine rings is 1. The van der Waals surface area contributed by atoms with Crippen molar-refractivity contribution < 1.29 is 34.0 Å². The molecular weight excluding hydrogens is 572 g/mol. The molecule has 0 amide bonds. The number of thioether (sulfide) groups is 1. The summed E-state index contributed by atoms with van der Waals surface area (Å²) in [5, 5.41) is 34.0. The second kappa shape index (κ2) is 10.2. The zero-order valence-electron chi connectivity index (χ0n) is 24.2. The number of hydrogen-bond donors (Lipinski definition) is 3. The van der Waals surface area contributed by atoms with Crippen molar-refractivity contribution in [3.63, 3.8) is 0 Å². The van der Waals surface area contributed by atoms with Crippen LogP contribution in [-0.2, 0) is 16.0 Å². The Bertz CT molecular complexity index is 1590. The highest BCUT2D eigenvalue weighted by atomic mass is 32.2. The number of ether oxygens (including phenoxy) is 4. The second-order valence-corrected chi connectivity index (χ2v) is 12.9. The zero-order valence-corrected chi connectivity index (χ0v) is 25.0. The van der Waals surface area contributed by atoms with Gasteiger partial charge >= 0.3 is 5.97 Å². The van der Waals surface area contributed by atoms with E-state index in [4.69, 9.17) is 24.7 Å². The molecule has 0 saturated carbocycles. The van der Waals surface area contributed by atoms with E-state index in [0.29, 0.717) is 46.9 Å². The molecule has 0 radical (unpaired) electrons. The zero-order chi connectivity index (χ0) is 30.3. The normalized spacial score (nSPS) is 30.9. The van der Waals surface area contributed by atoms with Gasteiger partial charge in [0.1, 0.15) is 24.4 Å². The molecule has 2 aromatic rings. The largest absolute Gasteiger partial charge is 0.507 e. The molecule has 0 spiro atoms. The minimum atomic E-state index is -0.874. The van der Waals surface area contributed by atoms with Gasteiger partial charge in [-0.2, -0.15) is 5.26 Å². The molecule has 2 fully saturated rings. The number of rotatable bonds is 3. The summed E-state index contributed by atoms with van der Waals surface area (Å²) in [5.41, 5.74) is 10.7. The molecule has 7 rings (SSSR count). The Morgan fingerprint density at radius 1 is 1.21 bits per heavy atom. The van der Waals surface area contributed by atoms with Crippen LogP contribution >= 0.6 is 11.8 Å². The monoisotopic (exact) mass is 606 g/mol. The standard InChI is InChI=1S/C31H34N4O7S/c1-5-6-34-17-8-15-7-13(2)27(39-4)26(37)20(15)23(34)24-30-22-21(29-28(41-12-42-29)14(3)25(22)36)19(35(24)18(17)9-32)10-40-31(38)16(33)11-43-30/h5,7,16-19,23-24,30,36-37H,1,6,8,10-12,33H2,2-4H3/t16?,17?,18-,19-,23?,24+,30+/m0/s1. The molecule has 226 valence electrons. The van der Waals surface area contributed by atoms with Crippen molar-refractivity contribution in [3.05, 3.63) is 52.1 Å². The van der Waals surface area contributed by atoms with Crippen LogP contribution in [0.4, 0.5) is 0 Å². The molecule has 43 heavy (non-hydrogen) atoms. The number of benzene rings is 2. The van der Waals surface area contributed by atoms with Crippen LogP contribution < -0.4 is 19.9 Å². The number of hydrogen-bond acceptors (Lipinski definition) is 12. The fourth-order valence-corrected chi connectivity index (χ4v) is 9.41. The van der Waals surface area contributed by atoms with Crippen LogP contribution in [-0.4, -0.2) is 83.0 Å². The van der Waals surface area contributed by atoms with Gasteiger partial charge in [0.15, 0.2) is 23.0 Å². The van der Waals surface area contributed by atoms with E-state index in [9.17, 15) is 20.3 Å². The van der Waals surface area contributed by atoms with Gasteiger partial charge in [0, 0.05) is 46.6 Å². The van der Waals surface area contributed by atoms with Crippen LogP contribution in [0.1, 0.15) is 50.7 Å². The van der Waals surface area contributed by atoms with Gasteiger partial charge in [-0.3, -0.25) is 14.6 Å². The molecule has 4 bridgehead atoms. The number of nitrogens with two attached hydrogens (primary N) is 1. The Balaban J connectivity index is 1.56. The fourth-order valence-electron chi connectivity index (χ4n) is 7.97. The number of nitrogens with zero attached hydrogens (tertiary/aromatic N) is 3. The van der Waals surface area contributed by atoms with Gasteiger partial charge in [-0.15, -0.1) is 18.3 Å². The lowest BCUT2D eigenvalue weighted by Gasteiger charge is -2.62. The van der Waals surface area contributed by atoms with E-state index in [1.807, 2.05) is 19.1 Å². The molecule has 4 N–H and O–H groups in total.